The van der Waals surface area contributed by atoms with Crippen LogP contribution < -0.4 is 10.6 Å². The number of nitrogens with one attached hydrogen (secondary N) is 2. The molecule has 0 radical (unpaired) electrons. The maximum atomic E-state index is 12.7. The van der Waals surface area contributed by atoms with Gasteiger partial charge in [-0.15, -0.1) is 0 Å². The fraction of sp³-hybridized carbons (Fsp3) is 0.500. The molecule has 1 unspecified atom stereocenters. The first-order chi connectivity index (χ1) is 15.0. The topological polar surface area (TPSA) is 128 Å². The number of carbonyl (C=O) groups excluding carboxylic acids is 3. The molecule has 1 aromatic heterocycles. The zero-order valence-electron chi connectivity index (χ0n) is 19.1. The van der Waals surface area contributed by atoms with Gasteiger partial charge in [0.15, 0.2) is 0 Å². The molecule has 0 saturated carbocycles. The van der Waals surface area contributed by atoms with Gasteiger partial charge in [-0.05, 0) is 32.9 Å². The summed E-state index contributed by atoms with van der Waals surface area (Å²) in [6.45, 7) is 7.45. The van der Waals surface area contributed by atoms with Crippen molar-refractivity contribution >= 4 is 23.7 Å². The largest absolute Gasteiger partial charge is 0.460 e. The van der Waals surface area contributed by atoms with Crippen LogP contribution >= 0.6 is 0 Å². The van der Waals surface area contributed by atoms with Crippen molar-refractivity contribution in [1.82, 2.24) is 9.88 Å². The quantitative estimate of drug-likeness (QED) is 0.389. The van der Waals surface area contributed by atoms with Crippen molar-refractivity contribution in [2.24, 2.45) is 13.0 Å². The summed E-state index contributed by atoms with van der Waals surface area (Å²) in [6.07, 6.45) is 4.30. The highest BCUT2D eigenvalue weighted by Crippen LogP contribution is 2.24. The number of aliphatic hydroxyl groups excluding tert-OH is 1. The Morgan fingerprint density at radius 3 is 2.53 bits per heavy atom. The number of rotatable bonds is 9. The summed E-state index contributed by atoms with van der Waals surface area (Å²) >= 11 is 0. The molecule has 1 atom stereocenters. The Balaban J connectivity index is 1.95. The fourth-order valence-corrected chi connectivity index (χ4v) is 2.95. The van der Waals surface area contributed by atoms with E-state index in [1.165, 1.54) is 6.07 Å². The number of ether oxygens (including phenoxy) is 3. The maximum absolute atomic E-state index is 12.7. The Bertz CT molecular complexity index is 909. The standard InChI is InChI=1S/C22H31N3O7/c1-14-10-15(11-17(14)20(28)31-9-8-30-7-6-26)23-19(27)18-12-16(13-25(18)5)24-21(29)32-22(2,3)4/h10-14,26H,6-9H2,1-5H3,(H,23,27)(H,24,29). The van der Waals surface area contributed by atoms with E-state index in [0.717, 1.165) is 0 Å². The van der Waals surface area contributed by atoms with Crippen LogP contribution in [0.5, 0.6) is 0 Å². The Morgan fingerprint density at radius 2 is 1.88 bits per heavy atom. The zero-order valence-corrected chi connectivity index (χ0v) is 19.1. The number of aromatic nitrogens is 1. The number of allylic oxidation sites excluding steroid dienone is 2. The number of aliphatic hydroxyl groups is 1. The van der Waals surface area contributed by atoms with Crippen LogP contribution in [0.4, 0.5) is 10.5 Å². The van der Waals surface area contributed by atoms with Crippen LogP contribution in [0.2, 0.25) is 0 Å². The predicted octanol–water partition coefficient (Wildman–Crippen LogP) is 2.11. The normalized spacial score (nSPS) is 15.6. The molecule has 176 valence electrons. The minimum atomic E-state index is -0.637. The second-order valence-corrected chi connectivity index (χ2v) is 8.29. The number of amides is 2. The first-order valence-corrected chi connectivity index (χ1v) is 10.3. The zero-order chi connectivity index (χ0) is 23.9. The van der Waals surface area contributed by atoms with Crippen molar-refractivity contribution in [3.63, 3.8) is 0 Å². The Kier molecular flexibility index (Phi) is 8.62. The van der Waals surface area contributed by atoms with Crippen molar-refractivity contribution in [3.05, 3.63) is 41.4 Å². The van der Waals surface area contributed by atoms with E-state index in [0.29, 0.717) is 22.7 Å². The molecule has 0 aromatic carbocycles. The molecule has 2 rings (SSSR count). The van der Waals surface area contributed by atoms with Crippen molar-refractivity contribution in [1.29, 1.82) is 0 Å². The molecule has 3 N–H and O–H groups in total. The van der Waals surface area contributed by atoms with Crippen LogP contribution in [0, 0.1) is 5.92 Å². The third kappa shape index (κ3) is 7.54. The van der Waals surface area contributed by atoms with Gasteiger partial charge >= 0.3 is 12.1 Å². The summed E-state index contributed by atoms with van der Waals surface area (Å²) in [5.41, 5.74) is 0.997. The van der Waals surface area contributed by atoms with Gasteiger partial charge in [0.1, 0.15) is 17.9 Å². The highest BCUT2D eigenvalue weighted by Gasteiger charge is 2.24. The van der Waals surface area contributed by atoms with E-state index >= 15 is 0 Å². The van der Waals surface area contributed by atoms with Gasteiger partial charge < -0.3 is 29.2 Å². The molecule has 10 nitrogen and oxygen atoms in total. The van der Waals surface area contributed by atoms with E-state index in [4.69, 9.17) is 19.3 Å². The highest BCUT2D eigenvalue weighted by molar-refractivity contribution is 5.97. The lowest BCUT2D eigenvalue weighted by Crippen LogP contribution is -2.27. The van der Waals surface area contributed by atoms with Gasteiger partial charge in [-0.2, -0.15) is 0 Å². The molecule has 10 heteroatoms. The SMILES string of the molecule is CC1C=C(NC(=O)c2cc(NC(=O)OC(C)(C)C)cn2C)C=C1C(=O)OCCOCCO. The van der Waals surface area contributed by atoms with Gasteiger partial charge in [0, 0.05) is 30.4 Å². The van der Waals surface area contributed by atoms with E-state index in [1.807, 2.05) is 6.92 Å². The molecule has 1 aliphatic carbocycles. The van der Waals surface area contributed by atoms with Crippen LogP contribution in [-0.4, -0.2) is 59.7 Å². The molecule has 2 amide bonds. The van der Waals surface area contributed by atoms with E-state index in [-0.39, 0.29) is 32.3 Å². The molecular formula is C22H31N3O7. The molecule has 0 bridgehead atoms. The van der Waals surface area contributed by atoms with Crippen LogP contribution in [-0.2, 0) is 26.1 Å². The summed E-state index contributed by atoms with van der Waals surface area (Å²) in [5.74, 6) is -1.12. The number of hydrogen-bond acceptors (Lipinski definition) is 7. The molecule has 1 heterocycles. The Hall–Kier alpha value is -3.11. The minimum Gasteiger partial charge on any atom is -0.460 e. The molecule has 0 saturated heterocycles. The number of carbonyl (C=O) groups is 3. The lowest BCUT2D eigenvalue weighted by atomic mass is 10.1. The number of nitrogens with zero attached hydrogens (tertiary/aromatic N) is 1. The van der Waals surface area contributed by atoms with Crippen molar-refractivity contribution in [2.75, 3.05) is 31.7 Å². The third-order valence-electron chi connectivity index (χ3n) is 4.30. The number of hydrogen-bond donors (Lipinski definition) is 3. The molecule has 1 aliphatic rings. The summed E-state index contributed by atoms with van der Waals surface area (Å²) in [7, 11) is 1.68. The molecule has 0 fully saturated rings. The average molecular weight is 450 g/mol. The van der Waals surface area contributed by atoms with Crippen LogP contribution in [0.15, 0.2) is 35.7 Å². The summed E-state index contributed by atoms with van der Waals surface area (Å²) < 4.78 is 17.0. The summed E-state index contributed by atoms with van der Waals surface area (Å²) in [5, 5.41) is 14.0. The second kappa shape index (κ2) is 11.0. The van der Waals surface area contributed by atoms with Crippen molar-refractivity contribution in [3.8, 4) is 0 Å². The third-order valence-corrected chi connectivity index (χ3v) is 4.30. The van der Waals surface area contributed by atoms with Gasteiger partial charge in [0.25, 0.3) is 5.91 Å². The molecule has 0 aliphatic heterocycles. The van der Waals surface area contributed by atoms with Crippen LogP contribution in [0.3, 0.4) is 0 Å². The van der Waals surface area contributed by atoms with Gasteiger partial charge in [0.2, 0.25) is 0 Å². The minimum absolute atomic E-state index is 0.0708. The average Bonchev–Trinajstić information content (AvgIpc) is 3.21. The second-order valence-electron chi connectivity index (χ2n) is 8.29. The fourth-order valence-electron chi connectivity index (χ4n) is 2.95. The number of anilines is 1. The smallest absolute Gasteiger partial charge is 0.412 e. The van der Waals surface area contributed by atoms with Crippen LogP contribution in [0.1, 0.15) is 38.2 Å². The molecule has 1 aromatic rings. The van der Waals surface area contributed by atoms with Crippen molar-refractivity contribution in [2.45, 2.75) is 33.3 Å². The number of aryl methyl sites for hydroxylation is 1. The summed E-state index contributed by atoms with van der Waals surface area (Å²) in [6, 6.07) is 1.53. The maximum Gasteiger partial charge on any atom is 0.412 e. The number of esters is 1. The van der Waals surface area contributed by atoms with Gasteiger partial charge in [-0.3, -0.25) is 10.1 Å². The molecule has 32 heavy (non-hydrogen) atoms. The van der Waals surface area contributed by atoms with E-state index in [2.05, 4.69) is 10.6 Å². The first-order valence-electron chi connectivity index (χ1n) is 10.3. The van der Waals surface area contributed by atoms with Crippen molar-refractivity contribution < 1.29 is 33.7 Å². The molecule has 0 spiro atoms. The summed E-state index contributed by atoms with van der Waals surface area (Å²) in [4.78, 5) is 36.9. The van der Waals surface area contributed by atoms with Crippen LogP contribution in [0.25, 0.3) is 0 Å². The monoisotopic (exact) mass is 449 g/mol. The lowest BCUT2D eigenvalue weighted by Gasteiger charge is -2.19. The van der Waals surface area contributed by atoms with Gasteiger partial charge in [-0.25, -0.2) is 9.59 Å². The predicted molar refractivity (Wildman–Crippen MR) is 117 cm³/mol. The van der Waals surface area contributed by atoms with E-state index in [9.17, 15) is 14.4 Å². The first kappa shape index (κ1) is 25.2. The Labute approximate surface area is 187 Å². The van der Waals surface area contributed by atoms with E-state index < -0.39 is 23.6 Å². The van der Waals surface area contributed by atoms with E-state index in [1.54, 1.807) is 50.7 Å². The van der Waals surface area contributed by atoms with Gasteiger partial charge in [0.05, 0.1) is 25.5 Å². The highest BCUT2D eigenvalue weighted by atomic mass is 16.6. The Morgan fingerprint density at radius 1 is 1.16 bits per heavy atom. The van der Waals surface area contributed by atoms with Gasteiger partial charge in [-0.1, -0.05) is 13.0 Å². The lowest BCUT2D eigenvalue weighted by molar-refractivity contribution is -0.141. The molecular weight excluding hydrogens is 418 g/mol.